The van der Waals surface area contributed by atoms with Crippen molar-refractivity contribution in [1.82, 2.24) is 5.06 Å². The number of nitrogens with zero attached hydrogens (tertiary/aromatic N) is 1. The van der Waals surface area contributed by atoms with Gasteiger partial charge in [-0.15, -0.1) is 0 Å². The SMILES string of the molecule is O=C(ON1C(=O)c2ccccc2C1=O)C1COCC1c1ccccc1. The molecule has 2 unspecified atom stereocenters. The molecule has 126 valence electrons. The highest BCUT2D eigenvalue weighted by molar-refractivity contribution is 6.20. The lowest BCUT2D eigenvalue weighted by Crippen LogP contribution is -2.36. The number of hydrogen-bond donors (Lipinski definition) is 0. The zero-order valence-electron chi connectivity index (χ0n) is 13.3. The van der Waals surface area contributed by atoms with Crippen LogP contribution >= 0.6 is 0 Å². The van der Waals surface area contributed by atoms with Crippen LogP contribution in [0.15, 0.2) is 54.6 Å². The van der Waals surface area contributed by atoms with Gasteiger partial charge in [0.1, 0.15) is 0 Å². The second kappa shape index (κ2) is 6.14. The van der Waals surface area contributed by atoms with Crippen LogP contribution in [0.25, 0.3) is 0 Å². The van der Waals surface area contributed by atoms with Gasteiger partial charge in [0.05, 0.1) is 30.3 Å². The molecule has 0 N–H and O–H groups in total. The number of carbonyl (C=O) groups excluding carboxylic acids is 3. The van der Waals surface area contributed by atoms with Crippen LogP contribution in [0, 0.1) is 5.92 Å². The summed E-state index contributed by atoms with van der Waals surface area (Å²) < 4.78 is 5.44. The van der Waals surface area contributed by atoms with Crippen molar-refractivity contribution in [1.29, 1.82) is 0 Å². The van der Waals surface area contributed by atoms with Gasteiger partial charge in [-0.3, -0.25) is 9.59 Å². The van der Waals surface area contributed by atoms with E-state index in [1.54, 1.807) is 12.1 Å². The largest absolute Gasteiger partial charge is 0.380 e. The lowest BCUT2D eigenvalue weighted by Gasteiger charge is -2.19. The predicted molar refractivity (Wildman–Crippen MR) is 86.5 cm³/mol. The topological polar surface area (TPSA) is 72.9 Å². The van der Waals surface area contributed by atoms with Crippen LogP contribution in [0.5, 0.6) is 0 Å². The van der Waals surface area contributed by atoms with Gasteiger partial charge in [0.25, 0.3) is 11.8 Å². The fraction of sp³-hybridized carbons (Fsp3) is 0.211. The fourth-order valence-electron chi connectivity index (χ4n) is 3.22. The maximum absolute atomic E-state index is 12.6. The lowest BCUT2D eigenvalue weighted by atomic mass is 9.89. The molecule has 4 rings (SSSR count). The minimum Gasteiger partial charge on any atom is -0.380 e. The molecule has 0 spiro atoms. The number of fused-ring (bicyclic) bond motifs is 1. The van der Waals surface area contributed by atoms with Gasteiger partial charge in [-0.1, -0.05) is 47.5 Å². The number of hydroxylamine groups is 2. The van der Waals surface area contributed by atoms with E-state index < -0.39 is 23.7 Å². The van der Waals surface area contributed by atoms with Crippen LogP contribution in [0.1, 0.15) is 32.2 Å². The van der Waals surface area contributed by atoms with Crippen LogP contribution in [-0.4, -0.2) is 36.1 Å². The zero-order valence-corrected chi connectivity index (χ0v) is 13.3. The summed E-state index contributed by atoms with van der Waals surface area (Å²) in [6.45, 7) is 0.591. The molecule has 2 heterocycles. The van der Waals surface area contributed by atoms with E-state index in [4.69, 9.17) is 9.57 Å². The number of hydrogen-bond acceptors (Lipinski definition) is 5. The second-order valence-corrected chi connectivity index (χ2v) is 6.02. The van der Waals surface area contributed by atoms with E-state index in [1.165, 1.54) is 12.1 Å². The zero-order chi connectivity index (χ0) is 17.4. The molecular weight excluding hydrogens is 322 g/mol. The van der Waals surface area contributed by atoms with Crippen molar-refractivity contribution in [3.63, 3.8) is 0 Å². The highest BCUT2D eigenvalue weighted by Gasteiger charge is 2.42. The Morgan fingerprint density at radius 1 is 0.920 bits per heavy atom. The number of carbonyl (C=O) groups is 3. The van der Waals surface area contributed by atoms with Crippen molar-refractivity contribution < 1.29 is 24.0 Å². The van der Waals surface area contributed by atoms with Crippen molar-refractivity contribution >= 4 is 17.8 Å². The third-order valence-corrected chi connectivity index (χ3v) is 4.55. The van der Waals surface area contributed by atoms with E-state index in [0.717, 1.165) is 5.56 Å². The smallest absolute Gasteiger partial charge is 0.339 e. The minimum atomic E-state index is -0.638. The molecular formula is C19H15NO5. The van der Waals surface area contributed by atoms with E-state index in [2.05, 4.69) is 0 Å². The number of benzene rings is 2. The van der Waals surface area contributed by atoms with E-state index in [1.807, 2.05) is 30.3 Å². The first kappa shape index (κ1) is 15.5. The molecule has 6 heteroatoms. The molecule has 0 saturated carbocycles. The fourth-order valence-corrected chi connectivity index (χ4v) is 3.22. The van der Waals surface area contributed by atoms with Gasteiger partial charge >= 0.3 is 5.97 Å². The van der Waals surface area contributed by atoms with Gasteiger partial charge in [-0.2, -0.15) is 0 Å². The summed E-state index contributed by atoms with van der Waals surface area (Å²) in [6, 6.07) is 15.9. The van der Waals surface area contributed by atoms with Crippen LogP contribution in [0.4, 0.5) is 0 Å². The third-order valence-electron chi connectivity index (χ3n) is 4.55. The molecule has 6 nitrogen and oxygen atoms in total. The molecule has 2 aliphatic heterocycles. The Morgan fingerprint density at radius 3 is 2.16 bits per heavy atom. The van der Waals surface area contributed by atoms with Crippen molar-refractivity contribution in [2.75, 3.05) is 13.2 Å². The Balaban J connectivity index is 1.53. The van der Waals surface area contributed by atoms with Crippen LogP contribution in [0.3, 0.4) is 0 Å². The van der Waals surface area contributed by atoms with Crippen LogP contribution < -0.4 is 0 Å². The molecule has 0 aromatic heterocycles. The first-order valence-corrected chi connectivity index (χ1v) is 7.99. The van der Waals surface area contributed by atoms with E-state index in [-0.39, 0.29) is 23.7 Å². The lowest BCUT2D eigenvalue weighted by molar-refractivity contribution is -0.174. The standard InChI is InChI=1S/C19H15NO5/c21-17-13-8-4-5-9-14(13)18(22)20(17)25-19(23)16-11-24-10-15(16)12-6-2-1-3-7-12/h1-9,15-16H,10-11H2. The molecule has 2 aliphatic rings. The first-order valence-electron chi connectivity index (χ1n) is 7.99. The average Bonchev–Trinajstić information content (AvgIpc) is 3.23. The van der Waals surface area contributed by atoms with E-state index >= 15 is 0 Å². The van der Waals surface area contributed by atoms with Gasteiger partial charge in [0, 0.05) is 5.92 Å². The third kappa shape index (κ3) is 2.60. The summed E-state index contributed by atoms with van der Waals surface area (Å²) in [5.41, 5.74) is 1.44. The molecule has 2 amide bonds. The van der Waals surface area contributed by atoms with Crippen molar-refractivity contribution in [3.05, 3.63) is 71.3 Å². The summed E-state index contributed by atoms with van der Waals surface area (Å²) >= 11 is 0. The van der Waals surface area contributed by atoms with Gasteiger partial charge in [0.2, 0.25) is 0 Å². The quantitative estimate of drug-likeness (QED) is 0.803. The summed E-state index contributed by atoms with van der Waals surface area (Å²) in [4.78, 5) is 42.4. The molecule has 2 aromatic rings. The van der Waals surface area contributed by atoms with Crippen molar-refractivity contribution in [2.24, 2.45) is 5.92 Å². The molecule has 0 bridgehead atoms. The Hall–Kier alpha value is -2.99. The second-order valence-electron chi connectivity index (χ2n) is 6.02. The predicted octanol–water partition coefficient (Wildman–Crippen LogP) is 2.17. The molecule has 2 atom stereocenters. The molecule has 0 radical (unpaired) electrons. The molecule has 25 heavy (non-hydrogen) atoms. The summed E-state index contributed by atoms with van der Waals surface area (Å²) in [7, 11) is 0. The number of ether oxygens (including phenoxy) is 1. The monoisotopic (exact) mass is 337 g/mol. The number of imide groups is 1. The highest BCUT2D eigenvalue weighted by Crippen LogP contribution is 2.33. The van der Waals surface area contributed by atoms with Gasteiger partial charge in [0.15, 0.2) is 0 Å². The number of rotatable bonds is 3. The van der Waals surface area contributed by atoms with Crippen LogP contribution in [0.2, 0.25) is 0 Å². The maximum atomic E-state index is 12.6. The summed E-state index contributed by atoms with van der Waals surface area (Å²) in [6.07, 6.45) is 0. The normalized spacial score (nSPS) is 22.2. The van der Waals surface area contributed by atoms with Crippen molar-refractivity contribution in [3.8, 4) is 0 Å². The summed E-state index contributed by atoms with van der Waals surface area (Å²) in [5.74, 6) is -2.61. The van der Waals surface area contributed by atoms with Gasteiger partial charge < -0.3 is 9.57 Å². The number of amides is 2. The molecule has 2 aromatic carbocycles. The Labute approximate surface area is 143 Å². The Bertz CT molecular complexity index is 813. The van der Waals surface area contributed by atoms with E-state index in [0.29, 0.717) is 11.7 Å². The van der Waals surface area contributed by atoms with Crippen molar-refractivity contribution in [2.45, 2.75) is 5.92 Å². The Kier molecular flexibility index (Phi) is 3.82. The maximum Gasteiger partial charge on any atom is 0.339 e. The molecule has 1 fully saturated rings. The first-order chi connectivity index (χ1) is 12.2. The molecule has 1 saturated heterocycles. The Morgan fingerprint density at radius 2 is 1.52 bits per heavy atom. The van der Waals surface area contributed by atoms with Crippen LogP contribution in [-0.2, 0) is 14.4 Å². The summed E-state index contributed by atoms with van der Waals surface area (Å²) in [5, 5.41) is 0.549. The average molecular weight is 337 g/mol. The molecule has 0 aliphatic carbocycles. The minimum absolute atomic E-state index is 0.163. The van der Waals surface area contributed by atoms with Gasteiger partial charge in [-0.05, 0) is 17.7 Å². The van der Waals surface area contributed by atoms with E-state index in [9.17, 15) is 14.4 Å². The highest BCUT2D eigenvalue weighted by atomic mass is 16.7. The van der Waals surface area contributed by atoms with Gasteiger partial charge in [-0.25, -0.2) is 4.79 Å².